The molecule has 1 nitrogen and oxygen atoms in total. The fourth-order valence-electron chi connectivity index (χ4n) is 3.53. The summed E-state index contributed by atoms with van der Waals surface area (Å²) in [5.41, 5.74) is -3.08. The van der Waals surface area contributed by atoms with Gasteiger partial charge in [-0.2, -0.15) is 26.3 Å². The molecule has 2 fully saturated rings. The van der Waals surface area contributed by atoms with Crippen molar-refractivity contribution in [1.29, 1.82) is 0 Å². The number of aromatic hydroxyl groups is 1. The van der Waals surface area contributed by atoms with E-state index in [9.17, 15) is 31.4 Å². The zero-order valence-corrected chi connectivity index (χ0v) is 14.0. The van der Waals surface area contributed by atoms with E-state index in [0.29, 0.717) is 5.56 Å². The molecule has 0 heterocycles. The van der Waals surface area contributed by atoms with E-state index >= 15 is 0 Å². The van der Waals surface area contributed by atoms with Gasteiger partial charge in [0.1, 0.15) is 5.75 Å². The Balaban J connectivity index is 2.12. The highest BCUT2D eigenvalue weighted by molar-refractivity contribution is 5.52. The standard InChI is InChI=1S/C18H20F6O/c1-15(2,18(22,23)24)12-8-13(14(25)7-11(12)10-3-4-10)16(5-6-16)9-17(19,20)21/h7-8,10,25H,3-6,9H2,1-2H3. The molecule has 0 aliphatic heterocycles. The molecule has 0 unspecified atom stereocenters. The number of rotatable bonds is 4. The van der Waals surface area contributed by atoms with Crippen molar-refractivity contribution in [3.8, 4) is 5.75 Å². The minimum absolute atomic E-state index is 0.00144. The molecule has 1 aromatic rings. The van der Waals surface area contributed by atoms with Gasteiger partial charge < -0.3 is 5.11 Å². The van der Waals surface area contributed by atoms with Gasteiger partial charge >= 0.3 is 12.4 Å². The van der Waals surface area contributed by atoms with Gasteiger partial charge in [0.15, 0.2) is 0 Å². The summed E-state index contributed by atoms with van der Waals surface area (Å²) in [4.78, 5) is 0. The minimum Gasteiger partial charge on any atom is -0.508 e. The van der Waals surface area contributed by atoms with E-state index in [-0.39, 0.29) is 35.6 Å². The number of phenolic OH excluding ortho intramolecular Hbond substituents is 1. The number of hydrogen-bond donors (Lipinski definition) is 1. The van der Waals surface area contributed by atoms with Crippen LogP contribution in [0.3, 0.4) is 0 Å². The van der Waals surface area contributed by atoms with Gasteiger partial charge in [-0.3, -0.25) is 0 Å². The third-order valence-corrected chi connectivity index (χ3v) is 5.53. The highest BCUT2D eigenvalue weighted by atomic mass is 19.4. The quantitative estimate of drug-likeness (QED) is 0.639. The number of benzene rings is 1. The van der Waals surface area contributed by atoms with Crippen molar-refractivity contribution in [3.05, 3.63) is 28.8 Å². The Kier molecular flexibility index (Phi) is 3.90. The predicted molar refractivity (Wildman–Crippen MR) is 80.7 cm³/mol. The largest absolute Gasteiger partial charge is 0.508 e. The van der Waals surface area contributed by atoms with Crippen LogP contribution in [0.2, 0.25) is 0 Å². The first-order valence-electron chi connectivity index (χ1n) is 8.28. The first-order valence-corrected chi connectivity index (χ1v) is 8.28. The molecule has 140 valence electrons. The van der Waals surface area contributed by atoms with E-state index in [1.54, 1.807) is 0 Å². The molecule has 0 radical (unpaired) electrons. The molecule has 1 aromatic carbocycles. The van der Waals surface area contributed by atoms with E-state index < -0.39 is 29.6 Å². The molecular weight excluding hydrogens is 346 g/mol. The number of alkyl halides is 6. The van der Waals surface area contributed by atoms with Crippen LogP contribution in [0.25, 0.3) is 0 Å². The maximum atomic E-state index is 13.6. The molecule has 2 aliphatic carbocycles. The van der Waals surface area contributed by atoms with Crippen molar-refractivity contribution in [2.24, 2.45) is 0 Å². The van der Waals surface area contributed by atoms with Gasteiger partial charge in [0.05, 0.1) is 11.8 Å². The Morgan fingerprint density at radius 1 is 1.04 bits per heavy atom. The van der Waals surface area contributed by atoms with Gasteiger partial charge in [-0.25, -0.2) is 0 Å². The Morgan fingerprint density at radius 2 is 1.60 bits per heavy atom. The smallest absolute Gasteiger partial charge is 0.397 e. The normalized spacial score (nSPS) is 20.6. The summed E-state index contributed by atoms with van der Waals surface area (Å²) in [6, 6.07) is 2.46. The second-order valence-corrected chi connectivity index (χ2v) is 7.93. The lowest BCUT2D eigenvalue weighted by Gasteiger charge is -2.32. The van der Waals surface area contributed by atoms with Gasteiger partial charge in [-0.1, -0.05) is 6.07 Å². The Bertz CT molecular complexity index is 678. The first kappa shape index (κ1) is 18.4. The Labute approximate surface area is 142 Å². The van der Waals surface area contributed by atoms with E-state index in [1.165, 1.54) is 12.1 Å². The van der Waals surface area contributed by atoms with Crippen molar-refractivity contribution in [2.45, 2.75) is 75.1 Å². The van der Waals surface area contributed by atoms with E-state index in [4.69, 9.17) is 0 Å². The second kappa shape index (κ2) is 5.30. The average molecular weight is 366 g/mol. The summed E-state index contributed by atoms with van der Waals surface area (Å²) < 4.78 is 79.3. The lowest BCUT2D eigenvalue weighted by molar-refractivity contribution is -0.180. The fraction of sp³-hybridized carbons (Fsp3) is 0.667. The summed E-state index contributed by atoms with van der Waals surface area (Å²) >= 11 is 0. The molecule has 2 aliphatic rings. The van der Waals surface area contributed by atoms with Crippen molar-refractivity contribution in [1.82, 2.24) is 0 Å². The molecular formula is C18H20F6O. The Hall–Kier alpha value is -1.40. The summed E-state index contributed by atoms with van der Waals surface area (Å²) in [5, 5.41) is 10.3. The SMILES string of the molecule is CC(C)(c1cc(C2(CC(F)(F)F)CC2)c(O)cc1C1CC1)C(F)(F)F. The first-order chi connectivity index (χ1) is 11.3. The van der Waals surface area contributed by atoms with Crippen LogP contribution in [0, 0.1) is 0 Å². The van der Waals surface area contributed by atoms with Gasteiger partial charge in [-0.15, -0.1) is 0 Å². The molecule has 0 atom stereocenters. The van der Waals surface area contributed by atoms with Crippen LogP contribution in [0.4, 0.5) is 26.3 Å². The lowest BCUT2D eigenvalue weighted by atomic mass is 9.77. The maximum absolute atomic E-state index is 13.6. The average Bonchev–Trinajstić information content (AvgIpc) is 3.29. The highest BCUT2D eigenvalue weighted by Gasteiger charge is 2.55. The van der Waals surface area contributed by atoms with E-state index in [0.717, 1.165) is 26.7 Å². The number of hydrogen-bond acceptors (Lipinski definition) is 1. The van der Waals surface area contributed by atoms with Crippen molar-refractivity contribution < 1.29 is 31.4 Å². The number of halogens is 6. The predicted octanol–water partition coefficient (Wildman–Crippen LogP) is 6.09. The van der Waals surface area contributed by atoms with Gasteiger partial charge in [0.2, 0.25) is 0 Å². The monoisotopic (exact) mass is 366 g/mol. The van der Waals surface area contributed by atoms with Crippen LogP contribution in [0.15, 0.2) is 12.1 Å². The molecule has 1 N–H and O–H groups in total. The van der Waals surface area contributed by atoms with Gasteiger partial charge in [0.25, 0.3) is 0 Å². The van der Waals surface area contributed by atoms with Gasteiger partial charge in [0, 0.05) is 11.0 Å². The van der Waals surface area contributed by atoms with Crippen molar-refractivity contribution >= 4 is 0 Å². The third-order valence-electron chi connectivity index (χ3n) is 5.53. The minimum atomic E-state index is -4.54. The molecule has 25 heavy (non-hydrogen) atoms. The summed E-state index contributed by atoms with van der Waals surface area (Å²) in [6.45, 7) is 2.08. The summed E-state index contributed by atoms with van der Waals surface area (Å²) in [7, 11) is 0. The van der Waals surface area contributed by atoms with Crippen LogP contribution in [0.5, 0.6) is 5.75 Å². The van der Waals surface area contributed by atoms with Crippen LogP contribution >= 0.6 is 0 Å². The van der Waals surface area contributed by atoms with Crippen LogP contribution in [0.1, 0.15) is 68.6 Å². The van der Waals surface area contributed by atoms with Gasteiger partial charge in [-0.05, 0) is 62.6 Å². The van der Waals surface area contributed by atoms with E-state index in [1.807, 2.05) is 0 Å². The van der Waals surface area contributed by atoms with Crippen LogP contribution in [-0.2, 0) is 10.8 Å². The van der Waals surface area contributed by atoms with Crippen molar-refractivity contribution in [3.63, 3.8) is 0 Å². The molecule has 0 spiro atoms. The third kappa shape index (κ3) is 3.34. The fourth-order valence-corrected chi connectivity index (χ4v) is 3.53. The molecule has 3 rings (SSSR count). The molecule has 0 aromatic heterocycles. The molecule has 0 amide bonds. The van der Waals surface area contributed by atoms with E-state index in [2.05, 4.69) is 0 Å². The highest BCUT2D eigenvalue weighted by Crippen LogP contribution is 2.59. The molecule has 0 bridgehead atoms. The second-order valence-electron chi connectivity index (χ2n) is 7.93. The Morgan fingerprint density at radius 3 is 2.00 bits per heavy atom. The number of phenols is 1. The molecule has 0 saturated heterocycles. The summed E-state index contributed by atoms with van der Waals surface area (Å²) in [5.74, 6) is -0.375. The maximum Gasteiger partial charge on any atom is 0.397 e. The summed E-state index contributed by atoms with van der Waals surface area (Å²) in [6.07, 6.45) is -8.20. The lowest BCUT2D eigenvalue weighted by Crippen LogP contribution is -2.37. The topological polar surface area (TPSA) is 20.2 Å². The molecule has 2 saturated carbocycles. The zero-order chi connectivity index (χ0) is 18.8. The molecule has 7 heteroatoms. The van der Waals surface area contributed by atoms with Crippen LogP contribution in [-0.4, -0.2) is 17.5 Å². The van der Waals surface area contributed by atoms with Crippen molar-refractivity contribution in [2.75, 3.05) is 0 Å². The zero-order valence-electron chi connectivity index (χ0n) is 14.0. The van der Waals surface area contributed by atoms with Crippen LogP contribution < -0.4 is 0 Å².